The molecule has 2 heterocycles. The van der Waals surface area contributed by atoms with Crippen LogP contribution in [0, 0.1) is 13.8 Å². The third kappa shape index (κ3) is 2.11. The minimum absolute atomic E-state index is 0.267. The van der Waals surface area contributed by atoms with Crippen LogP contribution in [0.25, 0.3) is 0 Å². The van der Waals surface area contributed by atoms with Gasteiger partial charge in [0, 0.05) is 36.4 Å². The van der Waals surface area contributed by atoms with E-state index >= 15 is 0 Å². The molecule has 0 radical (unpaired) electrons. The zero-order valence-electron chi connectivity index (χ0n) is 11.6. The summed E-state index contributed by atoms with van der Waals surface area (Å²) in [5.74, 6) is 0. The fourth-order valence-electron chi connectivity index (χ4n) is 2.51. The molecule has 0 saturated carbocycles. The van der Waals surface area contributed by atoms with Gasteiger partial charge in [-0.15, -0.1) is 0 Å². The minimum atomic E-state index is 0.267. The number of hydrogen-bond acceptors (Lipinski definition) is 3. The lowest BCUT2D eigenvalue weighted by Gasteiger charge is -2.47. The van der Waals surface area contributed by atoms with Crippen LogP contribution < -0.4 is 5.73 Å². The summed E-state index contributed by atoms with van der Waals surface area (Å²) < 4.78 is 2.17. The summed E-state index contributed by atoms with van der Waals surface area (Å²) in [5, 5.41) is 4.63. The zero-order chi connectivity index (χ0) is 12.8. The van der Waals surface area contributed by atoms with Crippen molar-refractivity contribution in [3.63, 3.8) is 0 Å². The second-order valence-electron chi connectivity index (χ2n) is 6.03. The number of nitrogens with two attached hydrogens (primary N) is 1. The van der Waals surface area contributed by atoms with Crippen LogP contribution in [0.3, 0.4) is 0 Å². The van der Waals surface area contributed by atoms with Crippen molar-refractivity contribution in [2.24, 2.45) is 5.73 Å². The summed E-state index contributed by atoms with van der Waals surface area (Å²) in [6, 6.07) is 0.522. The van der Waals surface area contributed by atoms with Gasteiger partial charge in [-0.1, -0.05) is 0 Å². The van der Waals surface area contributed by atoms with Gasteiger partial charge in [0.15, 0.2) is 0 Å². The molecule has 1 fully saturated rings. The Kier molecular flexibility index (Phi) is 3.04. The van der Waals surface area contributed by atoms with E-state index in [1.807, 2.05) is 6.92 Å². The van der Waals surface area contributed by atoms with E-state index in [-0.39, 0.29) is 5.54 Å². The Labute approximate surface area is 104 Å². The van der Waals surface area contributed by atoms with E-state index in [2.05, 4.69) is 42.4 Å². The van der Waals surface area contributed by atoms with Gasteiger partial charge in [0.05, 0.1) is 11.7 Å². The molecule has 0 spiro atoms. The summed E-state index contributed by atoms with van der Waals surface area (Å²) in [6.07, 6.45) is 0. The van der Waals surface area contributed by atoms with Gasteiger partial charge < -0.3 is 5.73 Å². The lowest BCUT2D eigenvalue weighted by Crippen LogP contribution is -2.56. The maximum atomic E-state index is 5.76. The van der Waals surface area contributed by atoms with Crippen LogP contribution in [0.5, 0.6) is 0 Å². The molecule has 0 unspecified atom stereocenters. The molecule has 1 aliphatic rings. The molecule has 0 aromatic carbocycles. The molecule has 2 N–H and O–H groups in total. The molecule has 17 heavy (non-hydrogen) atoms. The Balaban J connectivity index is 2.12. The van der Waals surface area contributed by atoms with Gasteiger partial charge in [-0.2, -0.15) is 5.10 Å². The van der Waals surface area contributed by atoms with Crippen molar-refractivity contribution in [3.8, 4) is 0 Å². The standard InChI is InChI=1S/C13H24N4/c1-9-12(6-14)10(2)17(15-9)11-7-16(8-11)13(3,4)5/h11H,6-8,14H2,1-5H3. The Bertz CT molecular complexity index is 408. The lowest BCUT2D eigenvalue weighted by atomic mass is 9.97. The van der Waals surface area contributed by atoms with Gasteiger partial charge in [-0.25, -0.2) is 0 Å². The molecule has 4 nitrogen and oxygen atoms in total. The summed E-state index contributed by atoms with van der Waals surface area (Å²) in [6.45, 7) is 13.7. The minimum Gasteiger partial charge on any atom is -0.326 e. The molecule has 4 heteroatoms. The summed E-state index contributed by atoms with van der Waals surface area (Å²) in [7, 11) is 0. The smallest absolute Gasteiger partial charge is 0.0776 e. The van der Waals surface area contributed by atoms with E-state index in [1.165, 1.54) is 11.3 Å². The van der Waals surface area contributed by atoms with Crippen molar-refractivity contribution in [2.75, 3.05) is 13.1 Å². The average Bonchev–Trinajstić information content (AvgIpc) is 2.37. The first-order valence-electron chi connectivity index (χ1n) is 6.34. The first-order chi connectivity index (χ1) is 7.84. The second kappa shape index (κ2) is 4.10. The Morgan fingerprint density at radius 2 is 1.88 bits per heavy atom. The molecule has 0 bridgehead atoms. The summed E-state index contributed by atoms with van der Waals surface area (Å²) in [5.41, 5.74) is 9.55. The Morgan fingerprint density at radius 3 is 2.29 bits per heavy atom. The fourth-order valence-corrected chi connectivity index (χ4v) is 2.51. The van der Waals surface area contributed by atoms with Crippen LogP contribution in [-0.2, 0) is 6.54 Å². The lowest BCUT2D eigenvalue weighted by molar-refractivity contribution is 0.0145. The van der Waals surface area contributed by atoms with Gasteiger partial charge in [0.1, 0.15) is 0 Å². The van der Waals surface area contributed by atoms with E-state index < -0.39 is 0 Å². The number of aromatic nitrogens is 2. The van der Waals surface area contributed by atoms with Gasteiger partial charge in [-0.05, 0) is 34.6 Å². The quantitative estimate of drug-likeness (QED) is 0.848. The van der Waals surface area contributed by atoms with Crippen molar-refractivity contribution in [3.05, 3.63) is 17.0 Å². The van der Waals surface area contributed by atoms with Crippen molar-refractivity contribution >= 4 is 0 Å². The van der Waals surface area contributed by atoms with Crippen LogP contribution in [0.1, 0.15) is 43.8 Å². The first kappa shape index (κ1) is 12.6. The molecule has 0 aliphatic carbocycles. The monoisotopic (exact) mass is 236 g/mol. The van der Waals surface area contributed by atoms with E-state index in [9.17, 15) is 0 Å². The van der Waals surface area contributed by atoms with Crippen molar-refractivity contribution in [2.45, 2.75) is 52.7 Å². The maximum absolute atomic E-state index is 5.76. The van der Waals surface area contributed by atoms with Crippen LogP contribution in [0.2, 0.25) is 0 Å². The highest BCUT2D eigenvalue weighted by Gasteiger charge is 2.36. The molecule has 1 aromatic rings. The van der Waals surface area contributed by atoms with Crippen LogP contribution in [0.4, 0.5) is 0 Å². The van der Waals surface area contributed by atoms with Crippen LogP contribution in [-0.4, -0.2) is 33.3 Å². The van der Waals surface area contributed by atoms with Crippen molar-refractivity contribution in [1.82, 2.24) is 14.7 Å². The first-order valence-corrected chi connectivity index (χ1v) is 6.34. The van der Waals surface area contributed by atoms with Crippen LogP contribution >= 0.6 is 0 Å². The molecule has 0 amide bonds. The maximum Gasteiger partial charge on any atom is 0.0776 e. The molecule has 1 saturated heterocycles. The molecular weight excluding hydrogens is 212 g/mol. The summed E-state index contributed by atoms with van der Waals surface area (Å²) >= 11 is 0. The second-order valence-corrected chi connectivity index (χ2v) is 6.03. The van der Waals surface area contributed by atoms with Gasteiger partial charge in [0.25, 0.3) is 0 Å². The van der Waals surface area contributed by atoms with E-state index in [0.29, 0.717) is 12.6 Å². The van der Waals surface area contributed by atoms with E-state index in [4.69, 9.17) is 5.73 Å². The number of likely N-dealkylation sites (tertiary alicyclic amines) is 1. The topological polar surface area (TPSA) is 47.1 Å². The predicted octanol–water partition coefficient (Wildman–Crippen LogP) is 1.61. The molecule has 2 rings (SSSR count). The van der Waals surface area contributed by atoms with Gasteiger partial charge in [0.2, 0.25) is 0 Å². The van der Waals surface area contributed by atoms with Gasteiger partial charge >= 0.3 is 0 Å². The average molecular weight is 236 g/mol. The molecule has 96 valence electrons. The highest BCUT2D eigenvalue weighted by molar-refractivity contribution is 5.25. The molecule has 1 aliphatic heterocycles. The normalized spacial score (nSPS) is 18.5. The van der Waals surface area contributed by atoms with Crippen molar-refractivity contribution < 1.29 is 0 Å². The highest BCUT2D eigenvalue weighted by Crippen LogP contribution is 2.30. The van der Waals surface area contributed by atoms with Crippen LogP contribution in [0.15, 0.2) is 0 Å². The molecule has 1 aromatic heterocycles. The zero-order valence-corrected chi connectivity index (χ0v) is 11.6. The highest BCUT2D eigenvalue weighted by atomic mass is 15.4. The number of aryl methyl sites for hydroxylation is 1. The number of rotatable bonds is 2. The Hall–Kier alpha value is -0.870. The van der Waals surface area contributed by atoms with Gasteiger partial charge in [-0.3, -0.25) is 9.58 Å². The SMILES string of the molecule is Cc1nn(C2CN(C(C)(C)C)C2)c(C)c1CN. The summed E-state index contributed by atoms with van der Waals surface area (Å²) in [4.78, 5) is 2.48. The Morgan fingerprint density at radius 1 is 1.29 bits per heavy atom. The predicted molar refractivity (Wildman–Crippen MR) is 70.0 cm³/mol. The third-order valence-corrected chi connectivity index (χ3v) is 3.84. The number of nitrogens with zero attached hydrogens (tertiary/aromatic N) is 3. The molecule has 0 atom stereocenters. The fraction of sp³-hybridized carbons (Fsp3) is 0.769. The largest absolute Gasteiger partial charge is 0.326 e. The van der Waals surface area contributed by atoms with E-state index in [0.717, 1.165) is 18.8 Å². The third-order valence-electron chi connectivity index (χ3n) is 3.84. The van der Waals surface area contributed by atoms with E-state index in [1.54, 1.807) is 0 Å². The van der Waals surface area contributed by atoms with Crippen molar-refractivity contribution in [1.29, 1.82) is 0 Å². The molecular formula is C13H24N4. The number of hydrogen-bond donors (Lipinski definition) is 1.